The average Bonchev–Trinajstić information content (AvgIpc) is 3.80. The van der Waals surface area contributed by atoms with Gasteiger partial charge in [-0.3, -0.25) is 24.0 Å². The molecule has 45 heavy (non-hydrogen) atoms. The largest absolute Gasteiger partial charge is 0.491 e. The fraction of sp³-hybridized carbons (Fsp3) is 0.357. The van der Waals surface area contributed by atoms with Crippen LogP contribution in [0.25, 0.3) is 0 Å². The lowest BCUT2D eigenvalue weighted by atomic mass is 9.78. The molecule has 0 aliphatic carbocycles. The summed E-state index contributed by atoms with van der Waals surface area (Å²) in [5.41, 5.74) is 2.91. The van der Waals surface area contributed by atoms with E-state index in [1.807, 2.05) is 0 Å². The molecule has 4 N–H and O–H groups in total. The van der Waals surface area contributed by atoms with Crippen LogP contribution < -0.4 is 21.6 Å². The Morgan fingerprint density at radius 2 is 1.51 bits per heavy atom. The molecule has 0 aromatic heterocycles. The zero-order chi connectivity index (χ0) is 31.8. The van der Waals surface area contributed by atoms with Crippen LogP contribution in [0.3, 0.4) is 0 Å². The van der Waals surface area contributed by atoms with Crippen LogP contribution in [0.15, 0.2) is 36.4 Å². The first kappa shape index (κ1) is 30.5. The van der Waals surface area contributed by atoms with Crippen LogP contribution in [0.1, 0.15) is 57.5 Å². The number of hydrogen-bond donors (Lipinski definition) is 4. The first-order valence-electron chi connectivity index (χ1n) is 14.4. The number of rotatable bonds is 8. The standard InChI is InChI=1S/C28H28B2N4O11/c35-23-5-6-24(36)34(23)45-25(37)7-8-31-27(39)22-11-19(32-26(38)15-1-3-17-13-43-29(41)20(17)9-15)12-33(22)28(40)16-2-4-18-14-44-30(42)21(18)10-16/h1-4,9-10,19,22,41-42H,5-8,11-14H2,(H,31,39)(H,32,38)/t19-,22+/m1/s1. The molecule has 5 amide bonds. The predicted molar refractivity (Wildman–Crippen MR) is 153 cm³/mol. The number of carbonyl (C=O) groups excluding carboxylic acids is 6. The number of imide groups is 1. The van der Waals surface area contributed by atoms with Gasteiger partial charge in [0, 0.05) is 43.1 Å². The summed E-state index contributed by atoms with van der Waals surface area (Å²) >= 11 is 0. The Bertz CT molecular complexity index is 1590. The van der Waals surface area contributed by atoms with Crippen molar-refractivity contribution in [2.24, 2.45) is 0 Å². The highest BCUT2D eigenvalue weighted by Gasteiger charge is 2.41. The van der Waals surface area contributed by atoms with Crippen LogP contribution in [-0.4, -0.2) is 94.9 Å². The molecule has 4 heterocycles. The summed E-state index contributed by atoms with van der Waals surface area (Å²) in [5.74, 6) is -3.73. The first-order chi connectivity index (χ1) is 21.6. The minimum absolute atomic E-state index is 0.0172. The van der Waals surface area contributed by atoms with Gasteiger partial charge in [-0.2, -0.15) is 0 Å². The summed E-state index contributed by atoms with van der Waals surface area (Å²) in [7, 11) is -2.31. The molecule has 15 nitrogen and oxygen atoms in total. The van der Waals surface area contributed by atoms with Gasteiger partial charge in [-0.15, -0.1) is 5.06 Å². The fourth-order valence-electron chi connectivity index (χ4n) is 5.76. The van der Waals surface area contributed by atoms with Crippen molar-refractivity contribution in [1.29, 1.82) is 0 Å². The summed E-state index contributed by atoms with van der Waals surface area (Å²) in [6.45, 7) is 0.206. The van der Waals surface area contributed by atoms with E-state index in [2.05, 4.69) is 10.6 Å². The van der Waals surface area contributed by atoms with Crippen LogP contribution >= 0.6 is 0 Å². The zero-order valence-electron chi connectivity index (χ0n) is 23.9. The first-order valence-corrected chi connectivity index (χ1v) is 14.4. The van der Waals surface area contributed by atoms with Crippen molar-refractivity contribution in [3.63, 3.8) is 0 Å². The molecule has 6 rings (SSSR count). The van der Waals surface area contributed by atoms with E-state index in [-0.39, 0.29) is 63.1 Å². The Morgan fingerprint density at radius 1 is 0.911 bits per heavy atom. The number of hydrogen-bond acceptors (Lipinski definition) is 11. The van der Waals surface area contributed by atoms with Crippen molar-refractivity contribution in [1.82, 2.24) is 20.6 Å². The maximum absolute atomic E-state index is 13.7. The highest BCUT2D eigenvalue weighted by molar-refractivity contribution is 6.62. The second-order valence-electron chi connectivity index (χ2n) is 11.1. The number of hydroxylamine groups is 2. The lowest BCUT2D eigenvalue weighted by Crippen LogP contribution is -2.46. The third kappa shape index (κ3) is 6.20. The molecule has 0 spiro atoms. The number of amides is 5. The van der Waals surface area contributed by atoms with Crippen LogP contribution in [-0.2, 0) is 46.5 Å². The normalized spacial score (nSPS) is 20.4. The lowest BCUT2D eigenvalue weighted by Gasteiger charge is -2.24. The number of nitrogens with one attached hydrogen (secondary N) is 2. The Balaban J connectivity index is 1.14. The van der Waals surface area contributed by atoms with E-state index in [1.165, 1.54) is 17.0 Å². The summed E-state index contributed by atoms with van der Waals surface area (Å²) < 4.78 is 10.4. The molecule has 0 saturated carbocycles. The molecule has 2 aromatic carbocycles. The van der Waals surface area contributed by atoms with E-state index < -0.39 is 61.8 Å². The number of carbonyl (C=O) groups is 6. The lowest BCUT2D eigenvalue weighted by molar-refractivity contribution is -0.197. The Hall–Kier alpha value is -4.57. The number of fused-ring (bicyclic) bond motifs is 2. The minimum Gasteiger partial charge on any atom is -0.423 e. The quantitative estimate of drug-likeness (QED) is 0.177. The van der Waals surface area contributed by atoms with Crippen molar-refractivity contribution in [2.45, 2.75) is 51.0 Å². The maximum atomic E-state index is 13.7. The molecule has 0 radical (unpaired) electrons. The van der Waals surface area contributed by atoms with E-state index in [1.54, 1.807) is 24.3 Å². The van der Waals surface area contributed by atoms with Gasteiger partial charge in [0.05, 0.1) is 19.6 Å². The van der Waals surface area contributed by atoms with Gasteiger partial charge in [0.15, 0.2) is 0 Å². The molecule has 0 bridgehead atoms. The third-order valence-corrected chi connectivity index (χ3v) is 8.15. The summed E-state index contributed by atoms with van der Waals surface area (Å²) in [6, 6.07) is 7.88. The molecule has 232 valence electrons. The third-order valence-electron chi connectivity index (χ3n) is 8.15. The predicted octanol–water partition coefficient (Wildman–Crippen LogP) is -2.75. The van der Waals surface area contributed by atoms with Gasteiger partial charge in [-0.1, -0.05) is 12.1 Å². The van der Waals surface area contributed by atoms with Gasteiger partial charge < -0.3 is 39.7 Å². The zero-order valence-corrected chi connectivity index (χ0v) is 23.9. The second-order valence-corrected chi connectivity index (χ2v) is 11.1. The van der Waals surface area contributed by atoms with Crippen LogP contribution in [0.2, 0.25) is 0 Å². The van der Waals surface area contributed by atoms with Crippen molar-refractivity contribution >= 4 is 60.7 Å². The summed E-state index contributed by atoms with van der Waals surface area (Å²) in [5, 5.41) is 26.0. The number of benzene rings is 2. The topological polar surface area (TPSA) is 201 Å². The van der Waals surface area contributed by atoms with Crippen LogP contribution in [0.5, 0.6) is 0 Å². The van der Waals surface area contributed by atoms with Gasteiger partial charge in [0.25, 0.3) is 23.6 Å². The van der Waals surface area contributed by atoms with Gasteiger partial charge in [0.1, 0.15) is 6.04 Å². The monoisotopic (exact) mass is 618 g/mol. The Kier molecular flexibility index (Phi) is 8.42. The van der Waals surface area contributed by atoms with E-state index in [9.17, 15) is 38.8 Å². The summed E-state index contributed by atoms with van der Waals surface area (Å²) in [4.78, 5) is 81.9. The summed E-state index contributed by atoms with van der Waals surface area (Å²) in [6.07, 6.45) is -0.394. The molecular weight excluding hydrogens is 590 g/mol. The smallest absolute Gasteiger partial charge is 0.423 e. The van der Waals surface area contributed by atoms with E-state index in [4.69, 9.17) is 14.1 Å². The molecule has 2 saturated heterocycles. The van der Waals surface area contributed by atoms with E-state index in [0.717, 1.165) is 11.1 Å². The van der Waals surface area contributed by atoms with Crippen molar-refractivity contribution in [3.8, 4) is 0 Å². The molecule has 17 heteroatoms. The van der Waals surface area contributed by atoms with Crippen molar-refractivity contribution < 1.29 is 53.0 Å². The molecule has 2 fully saturated rings. The van der Waals surface area contributed by atoms with Crippen LogP contribution in [0, 0.1) is 0 Å². The van der Waals surface area contributed by atoms with Crippen molar-refractivity contribution in [2.75, 3.05) is 13.1 Å². The van der Waals surface area contributed by atoms with Crippen molar-refractivity contribution in [3.05, 3.63) is 58.7 Å². The number of nitrogens with zero attached hydrogens (tertiary/aromatic N) is 2. The molecule has 4 aliphatic rings. The molecular formula is C28H28B2N4O11. The average molecular weight is 618 g/mol. The molecule has 2 aromatic rings. The Morgan fingerprint density at radius 3 is 2.16 bits per heavy atom. The van der Waals surface area contributed by atoms with Gasteiger partial charge in [0.2, 0.25) is 5.91 Å². The molecule has 0 unspecified atom stereocenters. The molecule has 4 aliphatic heterocycles. The molecule has 2 atom stereocenters. The Labute approximate surface area is 257 Å². The van der Waals surface area contributed by atoms with Gasteiger partial charge in [-0.05, 0) is 52.7 Å². The van der Waals surface area contributed by atoms with Gasteiger partial charge >= 0.3 is 20.2 Å². The highest BCUT2D eigenvalue weighted by atomic mass is 16.7. The highest BCUT2D eigenvalue weighted by Crippen LogP contribution is 2.23. The van der Waals surface area contributed by atoms with Gasteiger partial charge in [-0.25, -0.2) is 4.79 Å². The van der Waals surface area contributed by atoms with Crippen LogP contribution in [0.4, 0.5) is 0 Å². The fourth-order valence-corrected chi connectivity index (χ4v) is 5.76. The SMILES string of the molecule is O=C(CCNC(=O)[C@@H]1C[C@@H](NC(=O)c2ccc3c(c2)B(O)OC3)CN1C(=O)c1ccc2c(c1)B(O)OC2)ON1C(=O)CCC1=O. The maximum Gasteiger partial charge on any atom is 0.491 e. The van der Waals surface area contributed by atoms with E-state index in [0.29, 0.717) is 16.0 Å². The van der Waals surface area contributed by atoms with E-state index >= 15 is 0 Å². The number of likely N-dealkylation sites (tertiary alicyclic amines) is 1. The second kappa shape index (κ2) is 12.4. The minimum atomic E-state index is -1.18.